The quantitative estimate of drug-likeness (QED) is 0.0710. The molecule has 4 heterocycles. The van der Waals surface area contributed by atoms with Crippen LogP contribution in [0.4, 0.5) is 0 Å². The van der Waals surface area contributed by atoms with Crippen molar-refractivity contribution in [2.75, 3.05) is 20.7 Å². The second-order valence-corrected chi connectivity index (χ2v) is 41.9. The van der Waals surface area contributed by atoms with Crippen LogP contribution in [0.2, 0.25) is 0 Å². The summed E-state index contributed by atoms with van der Waals surface area (Å²) in [6, 6.07) is 132. The molecule has 0 aromatic heterocycles. The number of hydrogen-bond acceptors (Lipinski definition) is 6. The maximum Gasteiger partial charge on any atom is 0.400 e. The molecule has 12 heteroatoms. The second kappa shape index (κ2) is 26.9. The van der Waals surface area contributed by atoms with Crippen molar-refractivity contribution in [3.8, 4) is 0 Å². The average molecular weight is 1340 g/mol. The molecule has 0 amide bonds. The van der Waals surface area contributed by atoms with E-state index in [2.05, 4.69) is 394 Å². The average Bonchev–Trinajstić information content (AvgIpc) is 1.46. The van der Waals surface area contributed by atoms with Gasteiger partial charge >= 0.3 is 25.1 Å². The van der Waals surface area contributed by atoms with Gasteiger partial charge in [0.25, 0.3) is 15.0 Å². The molecular formula is C82H76N2O4P6+4. The van der Waals surface area contributed by atoms with Gasteiger partial charge in [0.15, 0.2) is 6.04 Å². The lowest BCUT2D eigenvalue weighted by Gasteiger charge is -2.42. The molecule has 4 fully saturated rings. The van der Waals surface area contributed by atoms with Crippen molar-refractivity contribution in [2.24, 2.45) is 0 Å². The Hall–Kier alpha value is -7.02. The number of likely N-dealkylation sites (N-methyl/N-ethyl adjacent to an activating group) is 2. The predicted octanol–water partition coefficient (Wildman–Crippen LogP) is 15.2. The molecule has 12 aromatic carbocycles. The highest BCUT2D eigenvalue weighted by Gasteiger charge is 3.05. The third-order valence-corrected chi connectivity index (χ3v) is 42.9. The van der Waals surface area contributed by atoms with E-state index in [1.165, 1.54) is 63.7 Å². The molecule has 12 aromatic rings. The Kier molecular flexibility index (Phi) is 18.0. The Morgan fingerprint density at radius 2 is 0.532 bits per heavy atom. The zero-order chi connectivity index (χ0) is 63.6. The molecule has 0 bridgehead atoms. The van der Waals surface area contributed by atoms with E-state index in [0.717, 1.165) is 6.42 Å². The predicted molar refractivity (Wildman–Crippen MR) is 406 cm³/mol. The Labute approximate surface area is 559 Å². The van der Waals surface area contributed by atoms with Gasteiger partial charge in [-0.2, -0.15) is 0 Å². The van der Waals surface area contributed by atoms with Gasteiger partial charge in [-0.3, -0.25) is 9.34 Å². The summed E-state index contributed by atoms with van der Waals surface area (Å²) >= 11 is 0. The van der Waals surface area contributed by atoms with Crippen molar-refractivity contribution in [2.45, 2.75) is 41.7 Å². The Balaban J connectivity index is 0.000000155. The van der Waals surface area contributed by atoms with Crippen LogP contribution in [0.15, 0.2) is 364 Å². The minimum atomic E-state index is -2.69. The first-order chi connectivity index (χ1) is 46.4. The first-order valence-electron chi connectivity index (χ1n) is 32.4. The second-order valence-electron chi connectivity index (χ2n) is 24.1. The standard InChI is InChI=1S/2C41H38NO2P3/c1-33-40(42(2)45(34-21-9-3-10-22-34)35-23-11-4-12-24-35)41(44-47(41,38-29-17-7-18-30-38)39-31-19-8-20-32-39)46(43-33,36-25-13-5-14-26-36)37-27-15-6-16-28-37;1-42(45(34-20-8-2-9-21-34)35-22-10-3-11-23-35)40-32-33-43-46(36-24-12-4-13-25-36,37-26-14-5-15-27-37)41(40)44-47(41,38-28-16-6-17-29-38)39-30-18-7-19-31-39/h3-33,40H,1-2H3;2-31,40H,32-33H2,1H3/q2*+2/t33?,40?,41-;40-,41?/m10/s1. The van der Waals surface area contributed by atoms with Gasteiger partial charge in [0.1, 0.15) is 54.6 Å². The van der Waals surface area contributed by atoms with Crippen LogP contribution in [0.3, 0.4) is 0 Å². The molecule has 6 nitrogen and oxygen atoms in total. The molecule has 3 unspecified atom stereocenters. The van der Waals surface area contributed by atoms with E-state index in [9.17, 15) is 0 Å². The summed E-state index contributed by atoms with van der Waals surface area (Å²) in [6.07, 6.45) is 0.762. The third kappa shape index (κ3) is 10.3. The van der Waals surface area contributed by atoms with E-state index in [-0.39, 0.29) is 18.2 Å². The van der Waals surface area contributed by atoms with Crippen molar-refractivity contribution in [3.05, 3.63) is 364 Å². The van der Waals surface area contributed by atoms with Crippen LogP contribution < -0.4 is 63.7 Å². The van der Waals surface area contributed by atoms with Crippen molar-refractivity contribution in [3.63, 3.8) is 0 Å². The van der Waals surface area contributed by atoms with E-state index in [0.29, 0.717) is 6.61 Å². The van der Waals surface area contributed by atoms with Crippen LogP contribution in [0.25, 0.3) is 0 Å². The number of hydrogen-bond donors (Lipinski definition) is 0. The smallest absolute Gasteiger partial charge is 0.264 e. The summed E-state index contributed by atoms with van der Waals surface area (Å²) in [5.41, 5.74) is 0. The first-order valence-corrected chi connectivity index (χ1v) is 41.8. The minimum Gasteiger partial charge on any atom is -0.264 e. The highest BCUT2D eigenvalue weighted by atomic mass is 31.3. The van der Waals surface area contributed by atoms with Gasteiger partial charge in [-0.15, -0.1) is 9.05 Å². The van der Waals surface area contributed by atoms with E-state index in [4.69, 9.17) is 18.1 Å². The zero-order valence-corrected chi connectivity index (χ0v) is 58.4. The summed E-state index contributed by atoms with van der Waals surface area (Å²) < 4.78 is 36.3. The van der Waals surface area contributed by atoms with E-state index in [1.807, 2.05) is 0 Å². The molecule has 464 valence electrons. The van der Waals surface area contributed by atoms with Crippen LogP contribution in [-0.4, -0.2) is 58.4 Å². The van der Waals surface area contributed by atoms with Gasteiger partial charge in [0.2, 0.25) is 0 Å². The first kappa shape index (κ1) is 63.1. The maximum atomic E-state index is 7.89. The third-order valence-electron chi connectivity index (χ3n) is 19.0. The zero-order valence-electron chi connectivity index (χ0n) is 53.0. The highest BCUT2D eigenvalue weighted by molar-refractivity contribution is 8.08. The SMILES string of the molecule is CC1O[P+](c2ccccc2)(c2ccccc2)[C@]2(O[P+]2(c2ccccc2)c2ccccc2)C1N(C)P(c1ccccc1)c1ccccc1.CN([C@H]1CCO[P+](c2ccccc2)(c2ccccc2)C12O[P+]2(c1ccccc1)c1ccccc1)P(c1ccccc1)c1ccccc1. The van der Waals surface area contributed by atoms with Gasteiger partial charge < -0.3 is 0 Å². The van der Waals surface area contributed by atoms with Gasteiger partial charge in [0.05, 0.1) is 6.61 Å². The molecule has 4 saturated heterocycles. The Morgan fingerprint density at radius 1 is 0.298 bits per heavy atom. The fraction of sp³-hybridized carbons (Fsp3) is 0.122. The maximum absolute atomic E-state index is 7.89. The fourth-order valence-corrected chi connectivity index (χ4v) is 44.1. The molecule has 16 rings (SSSR count). The fourth-order valence-electron chi connectivity index (χ4n) is 15.3. The molecule has 0 radical (unpaired) electrons. The summed E-state index contributed by atoms with van der Waals surface area (Å²) in [5.74, 6) is 0. The van der Waals surface area contributed by atoms with E-state index >= 15 is 0 Å². The number of nitrogens with zero attached hydrogens (tertiary/aromatic N) is 2. The summed E-state index contributed by atoms with van der Waals surface area (Å²) in [4.78, 5) is 0. The topological polar surface area (TPSA) is 50.0 Å². The van der Waals surface area contributed by atoms with Gasteiger partial charge in [-0.25, -0.2) is 9.05 Å². The number of benzene rings is 12. The van der Waals surface area contributed by atoms with Crippen molar-refractivity contribution >= 4 is 110 Å². The lowest BCUT2D eigenvalue weighted by molar-refractivity contribution is 0.168. The Morgan fingerprint density at radius 3 is 0.830 bits per heavy atom. The van der Waals surface area contributed by atoms with Crippen LogP contribution in [-0.2, 0) is 18.1 Å². The minimum absolute atomic E-state index is 0.0449. The largest absolute Gasteiger partial charge is 0.400 e. The molecule has 0 aliphatic carbocycles. The lowest BCUT2D eigenvalue weighted by atomic mass is 10.2. The summed E-state index contributed by atoms with van der Waals surface area (Å²) in [5, 5.41) is 14.1. The normalized spacial score (nSPS) is 21.8. The molecule has 2 spiro atoms. The van der Waals surface area contributed by atoms with Gasteiger partial charge in [0, 0.05) is 22.6 Å². The van der Waals surface area contributed by atoms with Crippen molar-refractivity contribution < 1.29 is 18.1 Å². The molecule has 5 atom stereocenters. The monoisotopic (exact) mass is 1340 g/mol. The van der Waals surface area contributed by atoms with Gasteiger partial charge in [-0.1, -0.05) is 267 Å². The van der Waals surface area contributed by atoms with Crippen molar-refractivity contribution in [1.29, 1.82) is 0 Å². The molecule has 0 N–H and O–H groups in total. The molecule has 94 heavy (non-hydrogen) atoms. The molecular weight excluding hydrogens is 1260 g/mol. The number of rotatable bonds is 16. The van der Waals surface area contributed by atoms with Crippen LogP contribution >= 0.6 is 46.1 Å². The molecule has 0 saturated carbocycles. The van der Waals surface area contributed by atoms with E-state index < -0.39 is 56.3 Å². The summed E-state index contributed by atoms with van der Waals surface area (Å²) in [7, 11) is -7.50. The Bertz CT molecular complexity index is 4010. The van der Waals surface area contributed by atoms with Crippen molar-refractivity contribution in [1.82, 2.24) is 9.34 Å². The van der Waals surface area contributed by atoms with Crippen LogP contribution in [0.5, 0.6) is 0 Å². The lowest BCUT2D eigenvalue weighted by Crippen LogP contribution is -2.54. The highest BCUT2D eigenvalue weighted by Crippen LogP contribution is 3.04. The van der Waals surface area contributed by atoms with Crippen LogP contribution in [0, 0.1) is 0 Å². The molecule has 4 aliphatic rings. The summed E-state index contributed by atoms with van der Waals surface area (Å²) in [6.45, 7) is 2.94. The van der Waals surface area contributed by atoms with E-state index in [1.54, 1.807) is 0 Å². The molecule has 4 aliphatic heterocycles. The van der Waals surface area contributed by atoms with Crippen LogP contribution in [0.1, 0.15) is 13.3 Å². The van der Waals surface area contributed by atoms with Gasteiger partial charge in [-0.05, 0) is 139 Å².